The molecule has 1 aliphatic rings. The van der Waals surface area contributed by atoms with Crippen molar-refractivity contribution in [2.24, 2.45) is 0 Å². The molecule has 0 bridgehead atoms. The lowest BCUT2D eigenvalue weighted by molar-refractivity contribution is 0.0276. The number of hydrogen-bond acceptors (Lipinski definition) is 8. The molecule has 2 N–H and O–H groups in total. The van der Waals surface area contributed by atoms with Crippen molar-refractivity contribution in [2.75, 3.05) is 23.7 Å². The number of carbonyl (C=O) groups is 1. The van der Waals surface area contributed by atoms with Crippen LogP contribution in [0.5, 0.6) is 5.75 Å². The van der Waals surface area contributed by atoms with E-state index in [1.54, 1.807) is 11.1 Å². The molecule has 1 amide bonds. The van der Waals surface area contributed by atoms with Gasteiger partial charge in [-0.25, -0.2) is 14.8 Å². The van der Waals surface area contributed by atoms with Gasteiger partial charge in [0.05, 0.1) is 23.4 Å². The maximum atomic E-state index is 12.6. The Labute approximate surface area is 247 Å². The smallest absolute Gasteiger partial charge is 0.410 e. The largest absolute Gasteiger partial charge is 0.486 e. The van der Waals surface area contributed by atoms with Gasteiger partial charge in [-0.1, -0.05) is 43.2 Å². The van der Waals surface area contributed by atoms with E-state index in [-0.39, 0.29) is 12.2 Å². The number of rotatable bonds is 8. The fourth-order valence-corrected chi connectivity index (χ4v) is 4.81. The van der Waals surface area contributed by atoms with E-state index < -0.39 is 5.60 Å². The van der Waals surface area contributed by atoms with Gasteiger partial charge in [0.25, 0.3) is 0 Å². The number of likely N-dealkylation sites (tertiary alicyclic amines) is 1. The predicted molar refractivity (Wildman–Crippen MR) is 171 cm³/mol. The van der Waals surface area contributed by atoms with Gasteiger partial charge < -0.3 is 25.0 Å². The van der Waals surface area contributed by atoms with Crippen molar-refractivity contribution in [3.05, 3.63) is 73.3 Å². The number of nitrogens with zero attached hydrogens (tertiary/aromatic N) is 4. The number of benzene rings is 2. The van der Waals surface area contributed by atoms with Crippen LogP contribution >= 0.6 is 0 Å². The summed E-state index contributed by atoms with van der Waals surface area (Å²) in [6, 6.07) is 16.0. The molecule has 216 valence electrons. The van der Waals surface area contributed by atoms with Gasteiger partial charge in [-0.15, -0.1) is 0 Å². The molecule has 0 spiro atoms. The molecular weight excluding hydrogens is 527 g/mol. The molecule has 2 aromatic carbocycles. The number of hydrogen-bond donors (Lipinski definition) is 2. The van der Waals surface area contributed by atoms with E-state index in [9.17, 15) is 4.79 Å². The van der Waals surface area contributed by atoms with Gasteiger partial charge >= 0.3 is 6.09 Å². The van der Waals surface area contributed by atoms with Crippen molar-refractivity contribution in [2.45, 2.75) is 52.2 Å². The summed E-state index contributed by atoms with van der Waals surface area (Å²) in [6.07, 6.45) is 4.28. The summed E-state index contributed by atoms with van der Waals surface area (Å²) < 4.78 is 12.0. The number of amides is 1. The molecule has 9 nitrogen and oxygen atoms in total. The minimum absolute atomic E-state index is 0.179. The first kappa shape index (κ1) is 28.9. The monoisotopic (exact) mass is 564 g/mol. The van der Waals surface area contributed by atoms with Gasteiger partial charge in [-0.3, -0.25) is 4.98 Å². The summed E-state index contributed by atoms with van der Waals surface area (Å²) in [5.41, 5.74) is 5.78. The van der Waals surface area contributed by atoms with Gasteiger partial charge in [0.2, 0.25) is 0 Å². The Bertz CT molecular complexity index is 1620. The van der Waals surface area contributed by atoms with E-state index in [0.29, 0.717) is 31.1 Å². The van der Waals surface area contributed by atoms with Gasteiger partial charge in [0.15, 0.2) is 0 Å². The van der Waals surface area contributed by atoms with Crippen LogP contribution in [0, 0.1) is 0 Å². The second-order valence-corrected chi connectivity index (χ2v) is 11.5. The Hall–Kier alpha value is -4.60. The second-order valence-electron chi connectivity index (χ2n) is 11.5. The van der Waals surface area contributed by atoms with Crippen LogP contribution in [0.15, 0.2) is 73.3 Å². The van der Waals surface area contributed by atoms with Crippen LogP contribution < -0.4 is 20.8 Å². The molecule has 0 aliphatic carbocycles. The fourth-order valence-electron chi connectivity index (χ4n) is 4.81. The molecular formula is C32H37BN6O3. The molecule has 42 heavy (non-hydrogen) atoms. The van der Waals surface area contributed by atoms with E-state index in [2.05, 4.69) is 52.1 Å². The zero-order valence-corrected chi connectivity index (χ0v) is 24.9. The molecule has 0 radical (unpaired) electrons. The van der Waals surface area contributed by atoms with Crippen LogP contribution in [0.3, 0.4) is 0 Å². The molecule has 1 aliphatic heterocycles. The predicted octanol–water partition coefficient (Wildman–Crippen LogP) is 5.42. The molecule has 3 heterocycles. The van der Waals surface area contributed by atoms with E-state index in [1.807, 2.05) is 64.1 Å². The van der Waals surface area contributed by atoms with Crippen LogP contribution in [0.1, 0.15) is 40.5 Å². The van der Waals surface area contributed by atoms with Crippen LogP contribution in [0.25, 0.3) is 22.2 Å². The number of ether oxygens (including phenoxy) is 2. The SMILES string of the molecule is Bc1ccccc1-c1cc(Nc2ncnc3cc(OC4CCN(C(=O)OC(C)(C)C)C4)c(NC(=C)CC)cc23)ccn1. The molecule has 1 atom stereocenters. The lowest BCUT2D eigenvalue weighted by Gasteiger charge is -2.24. The Morgan fingerprint density at radius 2 is 1.95 bits per heavy atom. The molecule has 10 heteroatoms. The molecule has 1 unspecified atom stereocenters. The maximum absolute atomic E-state index is 12.6. The number of pyridine rings is 1. The summed E-state index contributed by atoms with van der Waals surface area (Å²) >= 11 is 0. The highest BCUT2D eigenvalue weighted by Crippen LogP contribution is 2.36. The van der Waals surface area contributed by atoms with Gasteiger partial charge in [0.1, 0.15) is 37.4 Å². The van der Waals surface area contributed by atoms with Crippen molar-refractivity contribution in [1.82, 2.24) is 19.9 Å². The van der Waals surface area contributed by atoms with Crippen LogP contribution in [0.2, 0.25) is 0 Å². The molecule has 5 rings (SSSR count). The number of allylic oxidation sites excluding steroid dienone is 1. The Morgan fingerprint density at radius 1 is 1.14 bits per heavy atom. The third-order valence-electron chi connectivity index (χ3n) is 7.01. The standard InChI is InChI=1S/C32H37BN6O3/c1-6-20(2)37-28-16-24-27(17-29(28)41-22-12-14-39(18-22)31(40)42-32(3,4)5)35-19-36-30(24)38-21-11-13-34-26(15-21)23-9-7-8-10-25(23)33/h7-11,13,15-17,19,22,37H,2,6,12,14,18,33H2,1,3-5H3,(H,34,35,36,38). The van der Waals surface area contributed by atoms with Crippen LogP contribution in [-0.2, 0) is 4.74 Å². The summed E-state index contributed by atoms with van der Waals surface area (Å²) in [5.74, 6) is 1.30. The van der Waals surface area contributed by atoms with Gasteiger partial charge in [-0.05, 0) is 51.0 Å². The summed E-state index contributed by atoms with van der Waals surface area (Å²) in [4.78, 5) is 28.0. The highest BCUT2D eigenvalue weighted by atomic mass is 16.6. The third-order valence-corrected chi connectivity index (χ3v) is 7.01. The molecule has 0 saturated carbocycles. The van der Waals surface area contributed by atoms with Crippen molar-refractivity contribution < 1.29 is 14.3 Å². The first-order chi connectivity index (χ1) is 20.1. The van der Waals surface area contributed by atoms with E-state index in [4.69, 9.17) is 9.47 Å². The summed E-state index contributed by atoms with van der Waals surface area (Å²) in [5, 5.41) is 7.69. The van der Waals surface area contributed by atoms with Crippen molar-refractivity contribution in [3.8, 4) is 17.0 Å². The Kier molecular flexibility index (Phi) is 8.33. The fraction of sp³-hybridized carbons (Fsp3) is 0.312. The van der Waals surface area contributed by atoms with Gasteiger partial charge in [-0.2, -0.15) is 0 Å². The van der Waals surface area contributed by atoms with Crippen molar-refractivity contribution in [3.63, 3.8) is 0 Å². The molecule has 4 aromatic rings. The molecule has 1 saturated heterocycles. The first-order valence-corrected chi connectivity index (χ1v) is 14.3. The van der Waals surface area contributed by atoms with Crippen LogP contribution in [-0.4, -0.2) is 58.6 Å². The number of fused-ring (bicyclic) bond motifs is 1. The lowest BCUT2D eigenvalue weighted by atomic mass is 9.89. The second kappa shape index (κ2) is 12.1. The van der Waals surface area contributed by atoms with Crippen molar-refractivity contribution >= 4 is 47.5 Å². The van der Waals surface area contributed by atoms with Crippen LogP contribution in [0.4, 0.5) is 22.0 Å². The molecule has 1 fully saturated rings. The Balaban J connectivity index is 1.42. The zero-order valence-electron chi connectivity index (χ0n) is 24.9. The average molecular weight is 564 g/mol. The maximum Gasteiger partial charge on any atom is 0.410 e. The number of aromatic nitrogens is 3. The Morgan fingerprint density at radius 3 is 2.71 bits per heavy atom. The topological polar surface area (TPSA) is 102 Å². The van der Waals surface area contributed by atoms with Crippen molar-refractivity contribution in [1.29, 1.82) is 0 Å². The highest BCUT2D eigenvalue weighted by molar-refractivity contribution is 6.35. The number of anilines is 3. The van der Waals surface area contributed by atoms with E-state index >= 15 is 0 Å². The summed E-state index contributed by atoms with van der Waals surface area (Å²) in [6.45, 7) is 12.8. The highest BCUT2D eigenvalue weighted by Gasteiger charge is 2.31. The lowest BCUT2D eigenvalue weighted by Crippen LogP contribution is -2.36. The minimum Gasteiger partial charge on any atom is -0.486 e. The third kappa shape index (κ3) is 6.82. The quantitative estimate of drug-likeness (QED) is 0.274. The number of carbonyl (C=O) groups excluding carboxylic acids is 1. The van der Waals surface area contributed by atoms with E-state index in [0.717, 1.165) is 51.1 Å². The molecule has 2 aromatic heterocycles. The normalized spacial score (nSPS) is 15.0. The average Bonchev–Trinajstić information content (AvgIpc) is 3.42. The number of nitrogens with one attached hydrogen (secondary N) is 2. The summed E-state index contributed by atoms with van der Waals surface area (Å²) in [7, 11) is 2.08. The van der Waals surface area contributed by atoms with E-state index in [1.165, 1.54) is 6.33 Å². The first-order valence-electron chi connectivity index (χ1n) is 14.3. The zero-order chi connectivity index (χ0) is 29.9. The van der Waals surface area contributed by atoms with Gasteiger partial charge in [0, 0.05) is 42.0 Å². The minimum atomic E-state index is -0.546.